The van der Waals surface area contributed by atoms with Crippen molar-refractivity contribution in [1.29, 1.82) is 0 Å². The minimum absolute atomic E-state index is 0.208. The molecule has 0 fully saturated rings. The Balaban J connectivity index is 1.43. The normalized spacial score (nSPS) is 13.8. The van der Waals surface area contributed by atoms with Gasteiger partial charge in [0.25, 0.3) is 0 Å². The van der Waals surface area contributed by atoms with Crippen LogP contribution < -0.4 is 14.4 Å². The molecule has 0 radical (unpaired) electrons. The van der Waals surface area contributed by atoms with E-state index < -0.39 is 6.10 Å². The van der Waals surface area contributed by atoms with Gasteiger partial charge < -0.3 is 24.2 Å². The molecule has 1 atom stereocenters. The Morgan fingerprint density at radius 1 is 1.17 bits per heavy atom. The lowest BCUT2D eigenvalue weighted by atomic mass is 10.2. The highest BCUT2D eigenvalue weighted by atomic mass is 19.1. The quantitative estimate of drug-likeness (QED) is 0.844. The Bertz CT molecular complexity index is 677. The third-order valence-electron chi connectivity index (χ3n) is 3.77. The van der Waals surface area contributed by atoms with Crippen LogP contribution in [-0.4, -0.2) is 38.2 Å². The molecule has 6 heteroatoms. The number of likely N-dealkylation sites (N-methyl/N-ethyl adjacent to an activating group) is 1. The molecule has 0 saturated heterocycles. The highest BCUT2D eigenvalue weighted by molar-refractivity contribution is 5.45. The number of ether oxygens (including phenoxy) is 3. The third kappa shape index (κ3) is 4.15. The van der Waals surface area contributed by atoms with Crippen LogP contribution in [0.3, 0.4) is 0 Å². The van der Waals surface area contributed by atoms with Gasteiger partial charge in [-0.1, -0.05) is 6.07 Å². The maximum atomic E-state index is 12.9. The fourth-order valence-electron chi connectivity index (χ4n) is 2.51. The van der Waals surface area contributed by atoms with Gasteiger partial charge in [-0.3, -0.25) is 0 Å². The molecule has 1 unspecified atom stereocenters. The first-order valence-electron chi connectivity index (χ1n) is 7.73. The van der Waals surface area contributed by atoms with E-state index in [0.29, 0.717) is 18.9 Å². The molecule has 2 aromatic carbocycles. The van der Waals surface area contributed by atoms with Crippen LogP contribution in [0, 0.1) is 5.82 Å². The van der Waals surface area contributed by atoms with E-state index in [-0.39, 0.29) is 19.2 Å². The summed E-state index contributed by atoms with van der Waals surface area (Å²) in [6.45, 7) is 1.23. The summed E-state index contributed by atoms with van der Waals surface area (Å²) in [5.41, 5.74) is 1.80. The lowest BCUT2D eigenvalue weighted by molar-refractivity contribution is 0.0324. The third-order valence-corrected chi connectivity index (χ3v) is 3.77. The zero-order valence-electron chi connectivity index (χ0n) is 13.4. The maximum absolute atomic E-state index is 12.9. The number of nitrogens with zero attached hydrogens (tertiary/aromatic N) is 1. The van der Waals surface area contributed by atoms with Crippen molar-refractivity contribution in [1.82, 2.24) is 0 Å². The van der Waals surface area contributed by atoms with Crippen molar-refractivity contribution < 1.29 is 23.7 Å². The Hall–Kier alpha value is -2.31. The van der Waals surface area contributed by atoms with Gasteiger partial charge in [0.2, 0.25) is 6.79 Å². The van der Waals surface area contributed by atoms with Crippen molar-refractivity contribution in [2.75, 3.05) is 31.9 Å². The summed E-state index contributed by atoms with van der Waals surface area (Å²) in [6.07, 6.45) is -0.644. The predicted octanol–water partition coefficient (Wildman–Crippen LogP) is 2.57. The fraction of sp³-hybridized carbons (Fsp3) is 0.333. The molecule has 0 bridgehead atoms. The first kappa shape index (κ1) is 16.5. The Morgan fingerprint density at radius 3 is 2.71 bits per heavy atom. The molecule has 1 heterocycles. The van der Waals surface area contributed by atoms with Gasteiger partial charge in [0, 0.05) is 19.3 Å². The molecule has 5 nitrogen and oxygen atoms in total. The second-order valence-corrected chi connectivity index (χ2v) is 5.71. The number of aliphatic hydroxyl groups excluding tert-OH is 1. The lowest BCUT2D eigenvalue weighted by Crippen LogP contribution is -2.32. The molecule has 1 aliphatic heterocycles. The summed E-state index contributed by atoms with van der Waals surface area (Å²) in [4.78, 5) is 1.86. The van der Waals surface area contributed by atoms with E-state index in [0.717, 1.165) is 17.0 Å². The van der Waals surface area contributed by atoms with Crippen LogP contribution >= 0.6 is 0 Å². The molecular weight excluding hydrogens is 313 g/mol. The lowest BCUT2D eigenvalue weighted by Gasteiger charge is -2.22. The van der Waals surface area contributed by atoms with Crippen LogP contribution in [-0.2, 0) is 11.3 Å². The van der Waals surface area contributed by atoms with Crippen molar-refractivity contribution in [2.45, 2.75) is 12.7 Å². The first-order valence-corrected chi connectivity index (χ1v) is 7.73. The molecule has 24 heavy (non-hydrogen) atoms. The van der Waals surface area contributed by atoms with E-state index in [2.05, 4.69) is 0 Å². The van der Waals surface area contributed by atoms with E-state index in [9.17, 15) is 9.50 Å². The van der Waals surface area contributed by atoms with Crippen LogP contribution in [0.2, 0.25) is 0 Å². The Morgan fingerprint density at radius 2 is 1.92 bits per heavy atom. The summed E-state index contributed by atoms with van der Waals surface area (Å²) in [6, 6.07) is 11.8. The molecule has 0 amide bonds. The number of hydrogen-bond donors (Lipinski definition) is 1. The van der Waals surface area contributed by atoms with Crippen LogP contribution in [0.25, 0.3) is 0 Å². The second kappa shape index (κ2) is 7.51. The highest BCUT2D eigenvalue weighted by Gasteiger charge is 2.14. The van der Waals surface area contributed by atoms with Gasteiger partial charge in [-0.25, -0.2) is 4.39 Å². The summed E-state index contributed by atoms with van der Waals surface area (Å²) < 4.78 is 29.1. The molecule has 0 saturated carbocycles. The highest BCUT2D eigenvalue weighted by Crippen LogP contribution is 2.32. The molecule has 128 valence electrons. The van der Waals surface area contributed by atoms with Crippen LogP contribution in [0.1, 0.15) is 5.56 Å². The molecule has 0 aromatic heterocycles. The number of hydrogen-bond acceptors (Lipinski definition) is 5. The smallest absolute Gasteiger partial charge is 0.231 e. The average Bonchev–Trinajstić information content (AvgIpc) is 3.03. The maximum Gasteiger partial charge on any atom is 0.231 e. The average molecular weight is 333 g/mol. The number of halogens is 1. The first-order chi connectivity index (χ1) is 11.6. The standard InChI is InChI=1S/C18H20FNO4/c1-20(15-5-3-14(19)4-6-15)9-16(21)11-22-10-13-2-7-17-18(8-13)24-12-23-17/h2-8,16,21H,9-12H2,1H3. The molecular formula is C18H20FNO4. The Labute approximate surface area is 140 Å². The minimum Gasteiger partial charge on any atom is -0.454 e. The van der Waals surface area contributed by atoms with E-state index >= 15 is 0 Å². The minimum atomic E-state index is -0.644. The van der Waals surface area contributed by atoms with Crippen molar-refractivity contribution in [2.24, 2.45) is 0 Å². The number of benzene rings is 2. The van der Waals surface area contributed by atoms with E-state index in [4.69, 9.17) is 14.2 Å². The summed E-state index contributed by atoms with van der Waals surface area (Å²) in [5, 5.41) is 10.1. The fourth-order valence-corrected chi connectivity index (χ4v) is 2.51. The van der Waals surface area contributed by atoms with E-state index in [1.807, 2.05) is 30.1 Å². The van der Waals surface area contributed by atoms with Crippen LogP contribution in [0.15, 0.2) is 42.5 Å². The van der Waals surface area contributed by atoms with E-state index in [1.165, 1.54) is 12.1 Å². The predicted molar refractivity (Wildman–Crippen MR) is 87.9 cm³/mol. The Kier molecular flexibility index (Phi) is 5.17. The SMILES string of the molecule is CN(CC(O)COCc1ccc2c(c1)OCO2)c1ccc(F)cc1. The monoisotopic (exact) mass is 333 g/mol. The van der Waals surface area contributed by atoms with Crippen molar-refractivity contribution in [3.63, 3.8) is 0 Å². The zero-order valence-corrected chi connectivity index (χ0v) is 13.4. The number of aliphatic hydroxyl groups is 1. The summed E-state index contributed by atoms with van der Waals surface area (Å²) in [5.74, 6) is 1.17. The number of anilines is 1. The topological polar surface area (TPSA) is 51.2 Å². The molecule has 1 N–H and O–H groups in total. The molecule has 0 spiro atoms. The molecule has 0 aliphatic carbocycles. The van der Waals surface area contributed by atoms with Gasteiger partial charge in [-0.2, -0.15) is 0 Å². The van der Waals surface area contributed by atoms with Gasteiger partial charge >= 0.3 is 0 Å². The van der Waals surface area contributed by atoms with Crippen LogP contribution in [0.5, 0.6) is 11.5 Å². The largest absolute Gasteiger partial charge is 0.454 e. The van der Waals surface area contributed by atoms with Gasteiger partial charge in [-0.05, 0) is 42.0 Å². The van der Waals surface area contributed by atoms with Crippen LogP contribution in [0.4, 0.5) is 10.1 Å². The zero-order chi connectivity index (χ0) is 16.9. The van der Waals surface area contributed by atoms with Crippen molar-refractivity contribution in [3.8, 4) is 11.5 Å². The van der Waals surface area contributed by atoms with Crippen molar-refractivity contribution in [3.05, 3.63) is 53.8 Å². The van der Waals surface area contributed by atoms with Gasteiger partial charge in [-0.15, -0.1) is 0 Å². The van der Waals surface area contributed by atoms with Gasteiger partial charge in [0.05, 0.1) is 19.3 Å². The van der Waals surface area contributed by atoms with Gasteiger partial charge in [0.15, 0.2) is 11.5 Å². The number of fused-ring (bicyclic) bond motifs is 1. The molecule has 2 aromatic rings. The summed E-state index contributed by atoms with van der Waals surface area (Å²) in [7, 11) is 1.84. The molecule has 3 rings (SSSR count). The van der Waals surface area contributed by atoms with Gasteiger partial charge in [0.1, 0.15) is 5.82 Å². The number of rotatable bonds is 7. The molecule has 1 aliphatic rings. The second-order valence-electron chi connectivity index (χ2n) is 5.71. The van der Waals surface area contributed by atoms with E-state index in [1.54, 1.807) is 12.1 Å². The summed E-state index contributed by atoms with van der Waals surface area (Å²) >= 11 is 0. The van der Waals surface area contributed by atoms with Crippen molar-refractivity contribution >= 4 is 5.69 Å².